The average Bonchev–Trinajstić information content (AvgIpc) is 3.11. The van der Waals surface area contributed by atoms with Gasteiger partial charge in [0.1, 0.15) is 6.23 Å². The highest BCUT2D eigenvalue weighted by atomic mass is 32.5. The zero-order valence-electron chi connectivity index (χ0n) is 19.8. The Bertz CT molecular complexity index is 807. The third-order valence-electron chi connectivity index (χ3n) is 4.78. The van der Waals surface area contributed by atoms with E-state index >= 15 is 0 Å². The summed E-state index contributed by atoms with van der Waals surface area (Å²) in [5.74, 6) is 0.203. The fourth-order valence-corrected chi connectivity index (χ4v) is 3.13. The van der Waals surface area contributed by atoms with Crippen molar-refractivity contribution in [1.29, 1.82) is 0 Å². The van der Waals surface area contributed by atoms with Crippen LogP contribution in [0.5, 0.6) is 0 Å². The number of hydrogen-bond acceptors (Lipinski definition) is 8. The van der Waals surface area contributed by atoms with Gasteiger partial charge in [-0.05, 0) is 24.6 Å². The van der Waals surface area contributed by atoms with E-state index in [1.165, 1.54) is 13.4 Å². The lowest BCUT2D eigenvalue weighted by atomic mass is 10.1. The van der Waals surface area contributed by atoms with Gasteiger partial charge in [-0.3, -0.25) is 9.36 Å². The molecule has 0 aliphatic heterocycles. The molecular weight excluding hydrogens is 457 g/mol. The second-order valence-corrected chi connectivity index (χ2v) is 10.6. The molecule has 0 amide bonds. The number of aromatic nitrogens is 2. The number of carbonyl (C=O) groups is 1. The Morgan fingerprint density at radius 1 is 1.22 bits per heavy atom. The summed E-state index contributed by atoms with van der Waals surface area (Å²) in [6, 6.07) is 0. The minimum atomic E-state index is -3.83. The summed E-state index contributed by atoms with van der Waals surface area (Å²) < 4.78 is 23.2. The maximum Gasteiger partial charge on any atom is 0.321 e. The highest BCUT2D eigenvalue weighted by Crippen LogP contribution is 2.37. The fourth-order valence-electron chi connectivity index (χ4n) is 2.59. The molecule has 0 radical (unpaired) electrons. The van der Waals surface area contributed by atoms with E-state index in [9.17, 15) is 14.6 Å². The van der Waals surface area contributed by atoms with Crippen molar-refractivity contribution in [2.45, 2.75) is 53.4 Å². The Labute approximate surface area is 195 Å². The monoisotopic (exact) mass is 493 g/mol. The molecule has 0 aliphatic carbocycles. The molecule has 0 unspecified atom stereocenters. The predicted molar refractivity (Wildman–Crippen MR) is 126 cm³/mol. The number of ketones is 1. The zero-order valence-corrected chi connectivity index (χ0v) is 21.6. The molecule has 0 spiro atoms. The molecular formula is C20H36N3O7PS. The summed E-state index contributed by atoms with van der Waals surface area (Å²) >= 11 is 4.52. The van der Waals surface area contributed by atoms with E-state index in [-0.39, 0.29) is 42.9 Å². The van der Waals surface area contributed by atoms with Crippen LogP contribution in [0.25, 0.3) is 0 Å². The Hall–Kier alpha value is -1.04. The molecule has 0 bridgehead atoms. The van der Waals surface area contributed by atoms with Gasteiger partial charge in [-0.1, -0.05) is 27.7 Å². The molecule has 12 heteroatoms. The number of nitrogens with zero attached hydrogens (tertiary/aromatic N) is 3. The van der Waals surface area contributed by atoms with E-state index < -0.39 is 19.1 Å². The lowest BCUT2D eigenvalue weighted by Crippen LogP contribution is -2.26. The van der Waals surface area contributed by atoms with Gasteiger partial charge in [-0.25, -0.2) is 9.98 Å². The second kappa shape index (κ2) is 13.6. The van der Waals surface area contributed by atoms with Crippen LogP contribution in [0.2, 0.25) is 0 Å². The minimum absolute atomic E-state index is 0.123. The van der Waals surface area contributed by atoms with Gasteiger partial charge in [0.25, 0.3) is 0 Å². The standard InChI is InChI=1S/C20H36N3O7PS/c1-13(2)15(5)22-20-18(19(24)14(3)4)21-12-23(20)17(29-9-8-27-6)10-16(28-7)11-30-31(25,26)32/h12-14,16-17H,8-11H2,1-7H3,(H2,25,26,32)/t16-,17-/m0/s1. The number of aliphatic imine (C=N–C) groups is 1. The van der Waals surface area contributed by atoms with Crippen molar-refractivity contribution < 1.29 is 33.3 Å². The van der Waals surface area contributed by atoms with Crippen LogP contribution >= 0.6 is 6.72 Å². The first-order chi connectivity index (χ1) is 14.9. The van der Waals surface area contributed by atoms with Crippen molar-refractivity contribution in [3.8, 4) is 0 Å². The van der Waals surface area contributed by atoms with E-state index in [0.29, 0.717) is 12.4 Å². The number of carbonyl (C=O) groups excluding carboxylic acids is 1. The summed E-state index contributed by atoms with van der Waals surface area (Å²) in [4.78, 5) is 40.6. The van der Waals surface area contributed by atoms with E-state index in [2.05, 4.69) is 16.8 Å². The van der Waals surface area contributed by atoms with Crippen molar-refractivity contribution in [3.63, 3.8) is 0 Å². The van der Waals surface area contributed by atoms with Crippen LogP contribution in [0.4, 0.5) is 5.82 Å². The average molecular weight is 494 g/mol. The smallest absolute Gasteiger partial charge is 0.321 e. The molecule has 2 N–H and O–H groups in total. The SMILES string of the molecule is COCCO[C@@H](C[C@@H](COP(O)(O)=S)OC)n1cnc(C(=O)C(C)C)c1N=C(C)C(C)C. The van der Waals surface area contributed by atoms with Crippen LogP contribution in [0.1, 0.15) is 57.8 Å². The number of methoxy groups -OCH3 is 2. The molecule has 32 heavy (non-hydrogen) atoms. The molecule has 0 saturated heterocycles. The Morgan fingerprint density at radius 2 is 1.88 bits per heavy atom. The van der Waals surface area contributed by atoms with Gasteiger partial charge >= 0.3 is 6.72 Å². The van der Waals surface area contributed by atoms with Gasteiger partial charge in [0, 0.05) is 32.3 Å². The fraction of sp³-hybridized carbons (Fsp3) is 0.750. The van der Waals surface area contributed by atoms with Crippen LogP contribution in [0.3, 0.4) is 0 Å². The molecule has 1 heterocycles. The first-order valence-electron chi connectivity index (χ1n) is 10.4. The molecule has 2 atom stereocenters. The Kier molecular flexibility index (Phi) is 12.3. The molecule has 0 aromatic carbocycles. The van der Waals surface area contributed by atoms with E-state index in [1.807, 2.05) is 34.6 Å². The van der Waals surface area contributed by atoms with Gasteiger partial charge in [0.15, 0.2) is 17.3 Å². The lowest BCUT2D eigenvalue weighted by Gasteiger charge is -2.25. The van der Waals surface area contributed by atoms with Crippen LogP contribution in [0.15, 0.2) is 11.3 Å². The first-order valence-corrected chi connectivity index (χ1v) is 13.0. The van der Waals surface area contributed by atoms with Gasteiger partial charge in [-0.15, -0.1) is 0 Å². The normalized spacial score (nSPS) is 14.9. The number of imidazole rings is 1. The van der Waals surface area contributed by atoms with Gasteiger partial charge < -0.3 is 28.5 Å². The third-order valence-corrected chi connectivity index (χ3v) is 5.58. The first kappa shape index (κ1) is 29.0. The third kappa shape index (κ3) is 9.44. The Balaban J connectivity index is 3.39. The molecule has 1 rings (SSSR count). The molecule has 1 aromatic heterocycles. The molecule has 1 aromatic rings. The van der Waals surface area contributed by atoms with Crippen molar-refractivity contribution >= 4 is 35.8 Å². The van der Waals surface area contributed by atoms with Gasteiger partial charge in [0.05, 0.1) is 32.3 Å². The van der Waals surface area contributed by atoms with Gasteiger partial charge in [-0.2, -0.15) is 0 Å². The minimum Gasteiger partial charge on any atom is -0.382 e. The topological polar surface area (TPSA) is 125 Å². The molecule has 0 aliphatic rings. The number of ether oxygens (including phenoxy) is 3. The van der Waals surface area contributed by atoms with Gasteiger partial charge in [0.2, 0.25) is 0 Å². The lowest BCUT2D eigenvalue weighted by molar-refractivity contribution is -0.0621. The highest BCUT2D eigenvalue weighted by molar-refractivity contribution is 8.06. The van der Waals surface area contributed by atoms with E-state index in [4.69, 9.17) is 23.7 Å². The van der Waals surface area contributed by atoms with Crippen molar-refractivity contribution in [2.75, 3.05) is 34.0 Å². The van der Waals surface area contributed by atoms with Crippen LogP contribution in [-0.2, 0) is 30.5 Å². The number of rotatable bonds is 15. The summed E-state index contributed by atoms with van der Waals surface area (Å²) in [5.41, 5.74) is 1.11. The number of Topliss-reactive ketones (excluding diaryl/α,β-unsaturated/α-hetero) is 1. The quantitative estimate of drug-likeness (QED) is 0.164. The van der Waals surface area contributed by atoms with Crippen molar-refractivity contribution in [2.24, 2.45) is 16.8 Å². The van der Waals surface area contributed by atoms with Crippen LogP contribution in [0, 0.1) is 11.8 Å². The predicted octanol–water partition coefficient (Wildman–Crippen LogP) is 3.26. The largest absolute Gasteiger partial charge is 0.382 e. The summed E-state index contributed by atoms with van der Waals surface area (Å²) in [7, 11) is 3.04. The number of hydrogen-bond donors (Lipinski definition) is 2. The maximum absolute atomic E-state index is 12.8. The molecule has 184 valence electrons. The zero-order chi connectivity index (χ0) is 24.5. The molecule has 0 saturated carbocycles. The van der Waals surface area contributed by atoms with Crippen molar-refractivity contribution in [3.05, 3.63) is 12.0 Å². The molecule has 0 fully saturated rings. The highest BCUT2D eigenvalue weighted by Gasteiger charge is 2.27. The second-order valence-electron chi connectivity index (χ2n) is 7.95. The summed E-state index contributed by atoms with van der Waals surface area (Å²) in [6.07, 6.45) is 0.577. The summed E-state index contributed by atoms with van der Waals surface area (Å²) in [5, 5.41) is 0. The maximum atomic E-state index is 12.8. The van der Waals surface area contributed by atoms with Crippen molar-refractivity contribution in [1.82, 2.24) is 9.55 Å². The Morgan fingerprint density at radius 3 is 2.38 bits per heavy atom. The van der Waals surface area contributed by atoms with Crippen LogP contribution < -0.4 is 0 Å². The summed E-state index contributed by atoms with van der Waals surface area (Å²) in [6.45, 7) is 6.21. The van der Waals surface area contributed by atoms with Crippen LogP contribution in [-0.4, -0.2) is 71.0 Å². The van der Waals surface area contributed by atoms with E-state index in [1.54, 1.807) is 11.7 Å². The molecule has 10 nitrogen and oxygen atoms in total. The van der Waals surface area contributed by atoms with E-state index in [0.717, 1.165) is 5.71 Å².